The highest BCUT2D eigenvalue weighted by Crippen LogP contribution is 2.23. The molecule has 0 saturated carbocycles. The predicted molar refractivity (Wildman–Crippen MR) is 67.1 cm³/mol. The van der Waals surface area contributed by atoms with E-state index in [2.05, 4.69) is 19.4 Å². The van der Waals surface area contributed by atoms with E-state index in [-0.39, 0.29) is 11.6 Å². The number of aromatic nitrogens is 2. The van der Waals surface area contributed by atoms with E-state index in [4.69, 9.17) is 4.74 Å². The van der Waals surface area contributed by atoms with Crippen molar-refractivity contribution in [1.82, 2.24) is 9.97 Å². The van der Waals surface area contributed by atoms with Crippen LogP contribution in [0.3, 0.4) is 0 Å². The molecule has 0 amide bonds. The number of thioether (sulfide) groups is 1. The molecular weight excluding hydrogens is 272 g/mol. The average molecular weight is 286 g/mol. The molecule has 0 aliphatic rings. The molecule has 1 heterocycles. The average Bonchev–Trinajstić information content (AvgIpc) is 2.46. The maximum absolute atomic E-state index is 11.7. The molecule has 7 nitrogen and oxygen atoms in total. The summed E-state index contributed by atoms with van der Waals surface area (Å²) in [4.78, 5) is 31.5. The zero-order valence-electron chi connectivity index (χ0n) is 11.0. The summed E-state index contributed by atoms with van der Waals surface area (Å²) in [5.41, 5.74) is 0.176. The van der Waals surface area contributed by atoms with E-state index in [9.17, 15) is 9.59 Å². The van der Waals surface area contributed by atoms with Crippen LogP contribution in [0.5, 0.6) is 5.88 Å². The molecule has 0 bridgehead atoms. The van der Waals surface area contributed by atoms with Crippen LogP contribution in [0.25, 0.3) is 0 Å². The molecule has 0 aromatic carbocycles. The van der Waals surface area contributed by atoms with Crippen molar-refractivity contribution in [2.24, 2.45) is 0 Å². The standard InChI is InChI=1S/C11H14N2O5S/c1-16-7-5-6(12-11(13-7)19-4)8(9(14)17-2)10(15)18-3/h5,8H,1-4H3. The summed E-state index contributed by atoms with van der Waals surface area (Å²) >= 11 is 1.26. The van der Waals surface area contributed by atoms with E-state index < -0.39 is 17.9 Å². The molecule has 1 aromatic rings. The third-order valence-electron chi connectivity index (χ3n) is 2.26. The van der Waals surface area contributed by atoms with E-state index in [1.54, 1.807) is 6.26 Å². The van der Waals surface area contributed by atoms with Crippen molar-refractivity contribution in [2.75, 3.05) is 27.6 Å². The van der Waals surface area contributed by atoms with Gasteiger partial charge in [0.25, 0.3) is 0 Å². The summed E-state index contributed by atoms with van der Waals surface area (Å²) in [5.74, 6) is -2.50. The number of hydrogen-bond donors (Lipinski definition) is 0. The highest BCUT2D eigenvalue weighted by atomic mass is 32.2. The topological polar surface area (TPSA) is 87.6 Å². The molecule has 0 saturated heterocycles. The van der Waals surface area contributed by atoms with Gasteiger partial charge in [-0.15, -0.1) is 0 Å². The number of ether oxygens (including phenoxy) is 3. The monoisotopic (exact) mass is 286 g/mol. The Kier molecular flexibility index (Phi) is 5.56. The normalized spacial score (nSPS) is 10.2. The Morgan fingerprint density at radius 3 is 2.16 bits per heavy atom. The van der Waals surface area contributed by atoms with Gasteiger partial charge < -0.3 is 14.2 Å². The first-order chi connectivity index (χ1) is 9.07. The molecule has 1 aromatic heterocycles. The van der Waals surface area contributed by atoms with Crippen molar-refractivity contribution < 1.29 is 23.8 Å². The van der Waals surface area contributed by atoms with Crippen LogP contribution in [0.15, 0.2) is 11.2 Å². The van der Waals surface area contributed by atoms with Gasteiger partial charge in [-0.1, -0.05) is 11.8 Å². The first kappa shape index (κ1) is 15.2. The summed E-state index contributed by atoms with van der Waals surface area (Å²) in [6, 6.07) is 1.40. The van der Waals surface area contributed by atoms with Crippen molar-refractivity contribution in [3.8, 4) is 5.88 Å². The van der Waals surface area contributed by atoms with Crippen LogP contribution in [-0.4, -0.2) is 49.5 Å². The number of nitrogens with zero attached hydrogens (tertiary/aromatic N) is 2. The molecule has 0 N–H and O–H groups in total. The van der Waals surface area contributed by atoms with Crippen LogP contribution >= 0.6 is 11.8 Å². The van der Waals surface area contributed by atoms with Crippen molar-refractivity contribution in [3.05, 3.63) is 11.8 Å². The fourth-order valence-corrected chi connectivity index (χ4v) is 1.72. The number of hydrogen-bond acceptors (Lipinski definition) is 8. The second-order valence-corrected chi connectivity index (χ2v) is 4.07. The van der Waals surface area contributed by atoms with Gasteiger partial charge in [-0.3, -0.25) is 9.59 Å². The first-order valence-electron chi connectivity index (χ1n) is 5.20. The zero-order valence-corrected chi connectivity index (χ0v) is 11.8. The summed E-state index contributed by atoms with van der Waals surface area (Å²) in [6.45, 7) is 0. The molecule has 0 radical (unpaired) electrons. The van der Waals surface area contributed by atoms with E-state index in [0.29, 0.717) is 5.16 Å². The minimum atomic E-state index is -1.25. The van der Waals surface area contributed by atoms with E-state index in [1.165, 1.54) is 39.2 Å². The predicted octanol–water partition coefficient (Wildman–Crippen LogP) is 0.637. The molecule has 0 aliphatic carbocycles. The lowest BCUT2D eigenvalue weighted by molar-refractivity contribution is -0.154. The Morgan fingerprint density at radius 1 is 1.16 bits per heavy atom. The number of rotatable bonds is 5. The lowest BCUT2D eigenvalue weighted by Gasteiger charge is -2.13. The Labute approximate surface area is 114 Å². The molecular formula is C11H14N2O5S. The minimum absolute atomic E-state index is 0.176. The third-order valence-corrected chi connectivity index (χ3v) is 2.81. The van der Waals surface area contributed by atoms with Crippen LogP contribution in [0, 0.1) is 0 Å². The Hall–Kier alpha value is -1.83. The molecule has 0 fully saturated rings. The van der Waals surface area contributed by atoms with Crippen LogP contribution in [0.2, 0.25) is 0 Å². The SMILES string of the molecule is COC(=O)C(C(=O)OC)c1cc(OC)nc(SC)n1. The lowest BCUT2D eigenvalue weighted by Crippen LogP contribution is -2.25. The molecule has 8 heteroatoms. The van der Waals surface area contributed by atoms with Crippen LogP contribution < -0.4 is 4.74 Å². The number of methoxy groups -OCH3 is 3. The summed E-state index contributed by atoms with van der Waals surface area (Å²) in [5, 5.41) is 0.382. The van der Waals surface area contributed by atoms with Gasteiger partial charge >= 0.3 is 11.9 Å². The summed E-state index contributed by atoms with van der Waals surface area (Å²) < 4.78 is 14.2. The molecule has 19 heavy (non-hydrogen) atoms. The summed E-state index contributed by atoms with van der Waals surface area (Å²) in [7, 11) is 3.81. The second kappa shape index (κ2) is 6.93. The van der Waals surface area contributed by atoms with E-state index in [0.717, 1.165) is 0 Å². The largest absolute Gasteiger partial charge is 0.481 e. The van der Waals surface area contributed by atoms with Gasteiger partial charge in [0.1, 0.15) is 0 Å². The molecule has 104 valence electrons. The van der Waals surface area contributed by atoms with Crippen LogP contribution in [0.4, 0.5) is 0 Å². The van der Waals surface area contributed by atoms with Gasteiger partial charge in [-0.05, 0) is 6.26 Å². The van der Waals surface area contributed by atoms with Crippen LogP contribution in [0.1, 0.15) is 11.6 Å². The van der Waals surface area contributed by atoms with Gasteiger partial charge in [0.15, 0.2) is 11.1 Å². The fraction of sp³-hybridized carbons (Fsp3) is 0.455. The lowest BCUT2D eigenvalue weighted by atomic mass is 10.1. The number of esters is 2. The Bertz CT molecular complexity index is 442. The number of carbonyl (C=O) groups is 2. The van der Waals surface area contributed by atoms with Crippen LogP contribution in [-0.2, 0) is 19.1 Å². The van der Waals surface area contributed by atoms with Gasteiger partial charge in [-0.25, -0.2) is 4.98 Å². The molecule has 0 unspecified atom stereocenters. The maximum atomic E-state index is 11.7. The Balaban J connectivity index is 3.28. The molecule has 0 spiro atoms. The summed E-state index contributed by atoms with van der Waals surface area (Å²) in [6.07, 6.45) is 1.77. The fourth-order valence-electron chi connectivity index (χ4n) is 1.34. The highest BCUT2D eigenvalue weighted by molar-refractivity contribution is 7.98. The zero-order chi connectivity index (χ0) is 14.4. The van der Waals surface area contributed by atoms with E-state index >= 15 is 0 Å². The van der Waals surface area contributed by atoms with Gasteiger partial charge in [0, 0.05) is 6.07 Å². The van der Waals surface area contributed by atoms with E-state index in [1.807, 2.05) is 0 Å². The quantitative estimate of drug-likeness (QED) is 0.337. The first-order valence-corrected chi connectivity index (χ1v) is 6.42. The highest BCUT2D eigenvalue weighted by Gasteiger charge is 2.33. The van der Waals surface area contributed by atoms with Crippen molar-refractivity contribution in [3.63, 3.8) is 0 Å². The number of carbonyl (C=O) groups excluding carboxylic acids is 2. The third kappa shape index (κ3) is 3.57. The second-order valence-electron chi connectivity index (χ2n) is 3.30. The molecule has 0 aliphatic heterocycles. The minimum Gasteiger partial charge on any atom is -0.481 e. The van der Waals surface area contributed by atoms with Crippen molar-refractivity contribution in [2.45, 2.75) is 11.1 Å². The molecule has 0 atom stereocenters. The molecule has 1 rings (SSSR count). The van der Waals surface area contributed by atoms with Gasteiger partial charge in [0.2, 0.25) is 5.88 Å². The van der Waals surface area contributed by atoms with Crippen molar-refractivity contribution >= 4 is 23.7 Å². The maximum Gasteiger partial charge on any atom is 0.326 e. The smallest absolute Gasteiger partial charge is 0.326 e. The van der Waals surface area contributed by atoms with Crippen molar-refractivity contribution in [1.29, 1.82) is 0 Å². The Morgan fingerprint density at radius 2 is 1.74 bits per heavy atom. The van der Waals surface area contributed by atoms with Gasteiger partial charge in [-0.2, -0.15) is 4.98 Å². The van der Waals surface area contributed by atoms with Gasteiger partial charge in [0.05, 0.1) is 27.0 Å².